The van der Waals surface area contributed by atoms with Gasteiger partial charge >= 0.3 is 7.32 Å². The summed E-state index contributed by atoms with van der Waals surface area (Å²) in [7, 11) is -2.17. The number of ether oxygens (including phenoxy) is 2. The SMILES string of the molecule is C1=NCCO1.C1=NCCO1.OB(O)O. The minimum atomic E-state index is -2.17. The fourth-order valence-electron chi connectivity index (χ4n) is 0.527. The van der Waals surface area contributed by atoms with Crippen LogP contribution in [0.4, 0.5) is 0 Å². The lowest BCUT2D eigenvalue weighted by atomic mass is 10.3. The molecular formula is C6H13BN2O5. The van der Waals surface area contributed by atoms with E-state index in [0.717, 1.165) is 26.3 Å². The van der Waals surface area contributed by atoms with Gasteiger partial charge in [0.2, 0.25) is 0 Å². The Morgan fingerprint density at radius 1 is 0.929 bits per heavy atom. The summed E-state index contributed by atoms with van der Waals surface area (Å²) in [6.07, 6.45) is 2.97. The molecule has 0 aliphatic carbocycles. The van der Waals surface area contributed by atoms with Crippen molar-refractivity contribution in [3.8, 4) is 0 Å². The molecule has 0 bridgehead atoms. The number of hydrogen-bond acceptors (Lipinski definition) is 7. The van der Waals surface area contributed by atoms with Gasteiger partial charge in [-0.2, -0.15) is 0 Å². The molecule has 0 aromatic heterocycles. The number of nitrogens with zero attached hydrogens (tertiary/aromatic N) is 2. The third-order valence-electron chi connectivity index (χ3n) is 0.975. The lowest BCUT2D eigenvalue weighted by molar-refractivity contribution is 0.278. The van der Waals surface area contributed by atoms with Crippen molar-refractivity contribution in [3.05, 3.63) is 0 Å². The molecule has 0 saturated carbocycles. The summed E-state index contributed by atoms with van der Waals surface area (Å²) in [5, 5.41) is 21.5. The monoisotopic (exact) mass is 204 g/mol. The Kier molecular flexibility index (Phi) is 9.18. The van der Waals surface area contributed by atoms with Crippen LogP contribution < -0.4 is 0 Å². The Morgan fingerprint density at radius 3 is 1.36 bits per heavy atom. The molecule has 0 fully saturated rings. The van der Waals surface area contributed by atoms with E-state index in [-0.39, 0.29) is 0 Å². The van der Waals surface area contributed by atoms with Crippen LogP contribution in [-0.4, -0.2) is 61.5 Å². The van der Waals surface area contributed by atoms with E-state index in [2.05, 4.69) is 19.5 Å². The normalized spacial score (nSPS) is 15.6. The molecule has 0 aromatic rings. The molecule has 0 radical (unpaired) electrons. The van der Waals surface area contributed by atoms with Crippen molar-refractivity contribution in [2.24, 2.45) is 9.98 Å². The highest BCUT2D eigenvalue weighted by atomic mass is 16.5. The third kappa shape index (κ3) is 13.5. The van der Waals surface area contributed by atoms with Crippen LogP contribution in [0.25, 0.3) is 0 Å². The second-order valence-corrected chi connectivity index (χ2v) is 2.11. The Bertz CT molecular complexity index is 145. The molecule has 0 atom stereocenters. The number of rotatable bonds is 0. The summed E-state index contributed by atoms with van der Waals surface area (Å²) >= 11 is 0. The minimum Gasteiger partial charge on any atom is -0.482 e. The zero-order valence-corrected chi connectivity index (χ0v) is 7.61. The molecule has 0 unspecified atom stereocenters. The van der Waals surface area contributed by atoms with Crippen molar-refractivity contribution in [3.63, 3.8) is 0 Å². The molecule has 14 heavy (non-hydrogen) atoms. The molecule has 7 nitrogen and oxygen atoms in total. The van der Waals surface area contributed by atoms with E-state index in [1.165, 1.54) is 12.8 Å². The zero-order chi connectivity index (χ0) is 10.6. The largest absolute Gasteiger partial charge is 0.631 e. The first kappa shape index (κ1) is 12.9. The van der Waals surface area contributed by atoms with Gasteiger partial charge < -0.3 is 24.5 Å². The predicted octanol–water partition coefficient (Wildman–Crippen LogP) is -1.96. The van der Waals surface area contributed by atoms with Crippen molar-refractivity contribution >= 4 is 20.1 Å². The standard InChI is InChI=1S/2C3H5NO.BH3O3/c2*1-2-5-3-4-1;2-1(3)4/h2*3H,1-2H2;2-4H. The van der Waals surface area contributed by atoms with E-state index < -0.39 is 7.32 Å². The highest BCUT2D eigenvalue weighted by molar-refractivity contribution is 6.30. The van der Waals surface area contributed by atoms with Crippen LogP contribution in [0.3, 0.4) is 0 Å². The molecule has 0 saturated heterocycles. The van der Waals surface area contributed by atoms with Crippen LogP contribution in [0.2, 0.25) is 0 Å². The van der Waals surface area contributed by atoms with Gasteiger partial charge in [0.25, 0.3) is 0 Å². The highest BCUT2D eigenvalue weighted by Gasteiger charge is 1.92. The van der Waals surface area contributed by atoms with Gasteiger partial charge in [-0.25, -0.2) is 0 Å². The molecule has 2 heterocycles. The Morgan fingerprint density at radius 2 is 1.29 bits per heavy atom. The van der Waals surface area contributed by atoms with E-state index in [0.29, 0.717) is 0 Å². The van der Waals surface area contributed by atoms with Gasteiger partial charge in [-0.15, -0.1) is 0 Å². The van der Waals surface area contributed by atoms with Gasteiger partial charge in [0, 0.05) is 0 Å². The second kappa shape index (κ2) is 9.97. The van der Waals surface area contributed by atoms with Gasteiger partial charge in [-0.3, -0.25) is 9.98 Å². The van der Waals surface area contributed by atoms with E-state index in [4.69, 9.17) is 15.1 Å². The first-order valence-corrected chi connectivity index (χ1v) is 3.97. The van der Waals surface area contributed by atoms with Crippen molar-refractivity contribution in [1.82, 2.24) is 0 Å². The minimum absolute atomic E-state index is 0.778. The number of hydrogen-bond donors (Lipinski definition) is 3. The van der Waals surface area contributed by atoms with Crippen molar-refractivity contribution in [2.45, 2.75) is 0 Å². The third-order valence-corrected chi connectivity index (χ3v) is 0.975. The van der Waals surface area contributed by atoms with Crippen LogP contribution in [0.1, 0.15) is 0 Å². The summed E-state index contributed by atoms with van der Waals surface area (Å²) in [6.45, 7) is 3.25. The second-order valence-electron chi connectivity index (χ2n) is 2.11. The van der Waals surface area contributed by atoms with Crippen LogP contribution in [0.5, 0.6) is 0 Å². The summed E-state index contributed by atoms with van der Waals surface area (Å²) in [5.41, 5.74) is 0. The topological polar surface area (TPSA) is 104 Å². The highest BCUT2D eigenvalue weighted by Crippen LogP contribution is 1.79. The molecular weight excluding hydrogens is 191 g/mol. The van der Waals surface area contributed by atoms with Gasteiger partial charge in [-0.05, 0) is 0 Å². The van der Waals surface area contributed by atoms with E-state index in [1.807, 2.05) is 0 Å². The van der Waals surface area contributed by atoms with E-state index in [9.17, 15) is 0 Å². The van der Waals surface area contributed by atoms with Crippen LogP contribution in [0, 0.1) is 0 Å². The Balaban J connectivity index is 0.000000183. The quantitative estimate of drug-likeness (QED) is 0.397. The summed E-state index contributed by atoms with van der Waals surface area (Å²) < 4.78 is 9.31. The van der Waals surface area contributed by atoms with Gasteiger partial charge in [0.15, 0.2) is 12.8 Å². The van der Waals surface area contributed by atoms with Crippen LogP contribution in [-0.2, 0) is 9.47 Å². The summed E-state index contributed by atoms with van der Waals surface area (Å²) in [4.78, 5) is 7.47. The molecule has 8 heteroatoms. The maximum absolute atomic E-state index is 7.17. The molecule has 2 aliphatic rings. The average molecular weight is 204 g/mol. The Labute approximate surface area is 81.9 Å². The molecule has 80 valence electrons. The first-order chi connectivity index (χ1) is 6.73. The maximum atomic E-state index is 7.17. The molecule has 3 N–H and O–H groups in total. The maximum Gasteiger partial charge on any atom is 0.631 e. The fraction of sp³-hybridized carbons (Fsp3) is 0.667. The number of aliphatic imine (C=N–C) groups is 2. The molecule has 0 amide bonds. The molecule has 2 rings (SSSR count). The lowest BCUT2D eigenvalue weighted by Gasteiger charge is -1.76. The van der Waals surface area contributed by atoms with Gasteiger partial charge in [-0.1, -0.05) is 0 Å². The molecule has 2 aliphatic heterocycles. The van der Waals surface area contributed by atoms with Crippen molar-refractivity contribution in [2.75, 3.05) is 26.3 Å². The van der Waals surface area contributed by atoms with E-state index in [1.54, 1.807) is 0 Å². The zero-order valence-electron chi connectivity index (χ0n) is 7.61. The Hall–Kier alpha value is -1.12. The van der Waals surface area contributed by atoms with Crippen molar-refractivity contribution < 1.29 is 24.5 Å². The van der Waals surface area contributed by atoms with Crippen LogP contribution in [0.15, 0.2) is 9.98 Å². The molecule has 0 spiro atoms. The van der Waals surface area contributed by atoms with Crippen LogP contribution >= 0.6 is 0 Å². The smallest absolute Gasteiger partial charge is 0.482 e. The predicted molar refractivity (Wildman–Crippen MR) is 51.0 cm³/mol. The lowest BCUT2D eigenvalue weighted by Crippen LogP contribution is -2.07. The first-order valence-electron chi connectivity index (χ1n) is 3.97. The average Bonchev–Trinajstić information content (AvgIpc) is 2.83. The summed E-state index contributed by atoms with van der Waals surface area (Å²) in [6, 6.07) is 0. The summed E-state index contributed by atoms with van der Waals surface area (Å²) in [5.74, 6) is 0. The molecule has 0 aromatic carbocycles. The van der Waals surface area contributed by atoms with Crippen molar-refractivity contribution in [1.29, 1.82) is 0 Å². The van der Waals surface area contributed by atoms with E-state index >= 15 is 0 Å². The van der Waals surface area contributed by atoms with Gasteiger partial charge in [0.05, 0.1) is 13.1 Å². The fourth-order valence-corrected chi connectivity index (χ4v) is 0.527. The van der Waals surface area contributed by atoms with Gasteiger partial charge in [0.1, 0.15) is 13.2 Å².